The van der Waals surface area contributed by atoms with Gasteiger partial charge in [0.2, 0.25) is 11.7 Å². The van der Waals surface area contributed by atoms with Crippen molar-refractivity contribution in [1.82, 2.24) is 4.98 Å². The van der Waals surface area contributed by atoms with E-state index in [1.807, 2.05) is 37.3 Å². The number of aromatic nitrogens is 1. The molecule has 0 spiro atoms. The Labute approximate surface area is 180 Å². The molecule has 0 radical (unpaired) electrons. The second-order valence-corrected chi connectivity index (χ2v) is 7.07. The summed E-state index contributed by atoms with van der Waals surface area (Å²) in [6, 6.07) is 16.0. The number of hydrogen-bond donors (Lipinski definition) is 1. The first-order chi connectivity index (χ1) is 15.0. The number of pyridine rings is 1. The molecule has 3 rings (SSSR count). The zero-order valence-corrected chi connectivity index (χ0v) is 17.5. The molecule has 1 unspecified atom stereocenters. The summed E-state index contributed by atoms with van der Waals surface area (Å²) in [5.41, 5.74) is 2.58. The Balaban J connectivity index is 1.60. The van der Waals surface area contributed by atoms with Gasteiger partial charge in [0, 0.05) is 40.9 Å². The highest BCUT2D eigenvalue weighted by Crippen LogP contribution is 2.17. The normalized spacial score (nSPS) is 11.9. The van der Waals surface area contributed by atoms with Crippen LogP contribution in [0.2, 0.25) is 0 Å². The first-order valence-corrected chi connectivity index (χ1v) is 10.1. The topological polar surface area (TPSA) is 85.4 Å². The van der Waals surface area contributed by atoms with Crippen molar-refractivity contribution in [1.29, 1.82) is 0 Å². The van der Waals surface area contributed by atoms with Crippen LogP contribution in [0, 0.1) is 0 Å². The molecule has 3 aromatic rings. The van der Waals surface area contributed by atoms with E-state index in [9.17, 15) is 14.4 Å². The van der Waals surface area contributed by atoms with Crippen LogP contribution >= 0.6 is 0 Å². The Hall–Kier alpha value is -3.80. The predicted molar refractivity (Wildman–Crippen MR) is 121 cm³/mol. The minimum Gasteiger partial charge on any atom is -0.451 e. The molecule has 31 heavy (non-hydrogen) atoms. The summed E-state index contributed by atoms with van der Waals surface area (Å²) in [6.07, 6.45) is 4.87. The van der Waals surface area contributed by atoms with E-state index in [1.54, 1.807) is 36.5 Å². The summed E-state index contributed by atoms with van der Waals surface area (Å²) in [5, 5.41) is 3.73. The molecule has 0 aliphatic rings. The zero-order chi connectivity index (χ0) is 22.2. The van der Waals surface area contributed by atoms with E-state index >= 15 is 0 Å². The third-order valence-electron chi connectivity index (χ3n) is 4.66. The van der Waals surface area contributed by atoms with Crippen LogP contribution in [0.25, 0.3) is 17.0 Å². The fraction of sp³-hybridized carbons (Fsp3) is 0.200. The van der Waals surface area contributed by atoms with Crippen LogP contribution in [-0.4, -0.2) is 28.7 Å². The van der Waals surface area contributed by atoms with Gasteiger partial charge in [0.1, 0.15) is 0 Å². The van der Waals surface area contributed by atoms with Gasteiger partial charge in [0.05, 0.1) is 5.52 Å². The predicted octanol–water partition coefficient (Wildman–Crippen LogP) is 4.80. The van der Waals surface area contributed by atoms with Crippen molar-refractivity contribution in [2.75, 3.05) is 5.32 Å². The first kappa shape index (κ1) is 21.9. The van der Waals surface area contributed by atoms with Crippen LogP contribution in [0.15, 0.2) is 66.9 Å². The lowest BCUT2D eigenvalue weighted by molar-refractivity contribution is -0.140. The molecule has 1 N–H and O–H groups in total. The van der Waals surface area contributed by atoms with E-state index in [0.29, 0.717) is 17.7 Å². The van der Waals surface area contributed by atoms with Gasteiger partial charge >= 0.3 is 5.97 Å². The molecule has 0 aliphatic carbocycles. The number of nitrogens with zero attached hydrogens (tertiary/aromatic N) is 1. The van der Waals surface area contributed by atoms with Crippen LogP contribution in [0.5, 0.6) is 0 Å². The van der Waals surface area contributed by atoms with Crippen LogP contribution in [0.4, 0.5) is 5.69 Å². The van der Waals surface area contributed by atoms with E-state index in [1.165, 1.54) is 13.0 Å². The first-order valence-electron chi connectivity index (χ1n) is 10.1. The smallest absolute Gasteiger partial charge is 0.331 e. The SMILES string of the molecule is CCCC(=O)Nc1ccc(C(=O)C(C)OC(=O)C=Cc2cccc3cccnc23)cc1. The average Bonchev–Trinajstić information content (AvgIpc) is 2.77. The van der Waals surface area contributed by atoms with Crippen molar-refractivity contribution in [3.63, 3.8) is 0 Å². The highest BCUT2D eigenvalue weighted by molar-refractivity contribution is 6.02. The van der Waals surface area contributed by atoms with Gasteiger partial charge in [-0.05, 0) is 49.8 Å². The van der Waals surface area contributed by atoms with Crippen LogP contribution in [0.1, 0.15) is 42.6 Å². The van der Waals surface area contributed by atoms with Crippen molar-refractivity contribution >= 4 is 40.3 Å². The highest BCUT2D eigenvalue weighted by Gasteiger charge is 2.18. The van der Waals surface area contributed by atoms with Crippen molar-refractivity contribution in [3.8, 4) is 0 Å². The zero-order valence-electron chi connectivity index (χ0n) is 17.5. The number of nitrogens with one attached hydrogen (secondary N) is 1. The number of ketones is 1. The van der Waals surface area contributed by atoms with Crippen LogP contribution < -0.4 is 5.32 Å². The molecule has 0 aliphatic heterocycles. The Morgan fingerprint density at radius 2 is 1.81 bits per heavy atom. The number of rotatable bonds is 8. The number of esters is 1. The Morgan fingerprint density at radius 3 is 2.55 bits per heavy atom. The quantitative estimate of drug-likeness (QED) is 0.324. The van der Waals surface area contributed by atoms with Gasteiger partial charge in [-0.3, -0.25) is 14.6 Å². The molecular formula is C25H24N2O4. The van der Waals surface area contributed by atoms with Gasteiger partial charge < -0.3 is 10.1 Å². The third-order valence-corrected chi connectivity index (χ3v) is 4.66. The maximum Gasteiger partial charge on any atom is 0.331 e. The lowest BCUT2D eigenvalue weighted by Gasteiger charge is -2.11. The summed E-state index contributed by atoms with van der Waals surface area (Å²) in [7, 11) is 0. The number of hydrogen-bond acceptors (Lipinski definition) is 5. The molecule has 1 aromatic heterocycles. The maximum atomic E-state index is 12.6. The van der Waals surface area contributed by atoms with Crippen molar-refractivity contribution in [2.45, 2.75) is 32.8 Å². The number of fused-ring (bicyclic) bond motifs is 1. The minimum absolute atomic E-state index is 0.0722. The van der Waals surface area contributed by atoms with Crippen LogP contribution in [-0.2, 0) is 14.3 Å². The average molecular weight is 416 g/mol. The van der Waals surface area contributed by atoms with Gasteiger partial charge in [0.15, 0.2) is 6.10 Å². The number of para-hydroxylation sites is 1. The van der Waals surface area contributed by atoms with E-state index in [4.69, 9.17) is 4.74 Å². The summed E-state index contributed by atoms with van der Waals surface area (Å²) in [4.78, 5) is 40.8. The molecule has 158 valence electrons. The number of ether oxygens (including phenoxy) is 1. The second-order valence-electron chi connectivity index (χ2n) is 7.07. The molecule has 0 saturated carbocycles. The summed E-state index contributed by atoms with van der Waals surface area (Å²) >= 11 is 0. The Kier molecular flexibility index (Phi) is 7.27. The monoisotopic (exact) mass is 416 g/mol. The number of benzene rings is 2. The van der Waals surface area contributed by atoms with E-state index < -0.39 is 12.1 Å². The van der Waals surface area contributed by atoms with Crippen molar-refractivity contribution in [2.24, 2.45) is 0 Å². The summed E-state index contributed by atoms with van der Waals surface area (Å²) in [5.74, 6) is -1.01. The largest absolute Gasteiger partial charge is 0.451 e. The number of Topliss-reactive ketones (excluding diaryl/α,β-unsaturated/α-hetero) is 1. The van der Waals surface area contributed by atoms with E-state index in [-0.39, 0.29) is 11.7 Å². The molecule has 0 bridgehead atoms. The van der Waals surface area contributed by atoms with Gasteiger partial charge in [-0.2, -0.15) is 0 Å². The van der Waals surface area contributed by atoms with Crippen LogP contribution in [0.3, 0.4) is 0 Å². The van der Waals surface area contributed by atoms with Crippen molar-refractivity contribution < 1.29 is 19.1 Å². The number of carbonyl (C=O) groups is 3. The fourth-order valence-corrected chi connectivity index (χ4v) is 3.09. The van der Waals surface area contributed by atoms with Gasteiger partial charge in [-0.15, -0.1) is 0 Å². The molecule has 1 amide bonds. The van der Waals surface area contributed by atoms with Crippen molar-refractivity contribution in [3.05, 3.63) is 78.0 Å². The van der Waals surface area contributed by atoms with E-state index in [2.05, 4.69) is 10.3 Å². The lowest BCUT2D eigenvalue weighted by atomic mass is 10.1. The number of anilines is 1. The van der Waals surface area contributed by atoms with E-state index in [0.717, 1.165) is 22.9 Å². The fourth-order valence-electron chi connectivity index (χ4n) is 3.09. The van der Waals surface area contributed by atoms with Gasteiger partial charge in [-0.25, -0.2) is 4.79 Å². The molecule has 6 nitrogen and oxygen atoms in total. The second kappa shape index (κ2) is 10.3. The van der Waals surface area contributed by atoms with Gasteiger partial charge in [0.25, 0.3) is 0 Å². The molecule has 6 heteroatoms. The Morgan fingerprint density at radius 1 is 1.06 bits per heavy atom. The standard InChI is InChI=1S/C25H24N2O4/c1-3-6-22(28)27-21-13-10-20(11-14-21)25(30)17(2)31-23(29)15-12-19-8-4-7-18-9-5-16-26-24(18)19/h4-5,7-17H,3,6H2,1-2H3,(H,27,28). The minimum atomic E-state index is -0.941. The number of carbonyl (C=O) groups excluding carboxylic acids is 3. The molecule has 0 fully saturated rings. The molecule has 0 saturated heterocycles. The lowest BCUT2D eigenvalue weighted by Crippen LogP contribution is -2.23. The molecule has 1 atom stereocenters. The summed E-state index contributed by atoms with van der Waals surface area (Å²) < 4.78 is 5.26. The number of amides is 1. The highest BCUT2D eigenvalue weighted by atomic mass is 16.5. The summed E-state index contributed by atoms with van der Waals surface area (Å²) in [6.45, 7) is 3.46. The third kappa shape index (κ3) is 5.85. The molecule has 1 heterocycles. The van der Waals surface area contributed by atoms with Gasteiger partial charge in [-0.1, -0.05) is 31.2 Å². The molecule has 2 aromatic carbocycles. The Bertz CT molecular complexity index is 1110. The maximum absolute atomic E-state index is 12.6. The molecular weight excluding hydrogens is 392 g/mol.